The van der Waals surface area contributed by atoms with Gasteiger partial charge in [0, 0.05) is 16.8 Å². The Morgan fingerprint density at radius 1 is 1.33 bits per heavy atom. The average Bonchev–Trinajstić information content (AvgIpc) is 2.64. The first-order valence-corrected chi connectivity index (χ1v) is 7.94. The molecule has 2 atom stereocenters. The largest absolute Gasteiger partial charge is 0.353 e. The van der Waals surface area contributed by atoms with Gasteiger partial charge in [0.05, 0.1) is 5.41 Å². The van der Waals surface area contributed by atoms with Gasteiger partial charge in [-0.15, -0.1) is 0 Å². The lowest BCUT2D eigenvalue weighted by Crippen LogP contribution is -2.56. The Balaban J connectivity index is 2.52. The highest BCUT2D eigenvalue weighted by Crippen LogP contribution is 2.32. The van der Waals surface area contributed by atoms with E-state index in [2.05, 4.69) is 12.2 Å². The van der Waals surface area contributed by atoms with Gasteiger partial charge in [0.15, 0.2) is 0 Å². The minimum Gasteiger partial charge on any atom is -0.353 e. The molecule has 0 aromatic carbocycles. The molecule has 18 heavy (non-hydrogen) atoms. The van der Waals surface area contributed by atoms with Crippen LogP contribution in [0.25, 0.3) is 0 Å². The zero-order valence-corrected chi connectivity index (χ0v) is 13.2. The summed E-state index contributed by atoms with van der Waals surface area (Å²) in [4.78, 5) is 12.3. The molecule has 1 aliphatic rings. The van der Waals surface area contributed by atoms with Gasteiger partial charge in [-0.3, -0.25) is 4.79 Å². The van der Waals surface area contributed by atoms with Crippen LogP contribution in [0.1, 0.15) is 53.9 Å². The summed E-state index contributed by atoms with van der Waals surface area (Å²) in [6.07, 6.45) is 3.42. The van der Waals surface area contributed by atoms with Crippen molar-refractivity contribution in [2.45, 2.75) is 70.7 Å². The van der Waals surface area contributed by atoms with Crippen LogP contribution < -0.4 is 11.1 Å². The number of rotatable bonds is 5. The molecule has 0 saturated heterocycles. The van der Waals surface area contributed by atoms with E-state index >= 15 is 0 Å². The summed E-state index contributed by atoms with van der Waals surface area (Å²) in [5, 5.41) is 3.90. The fourth-order valence-electron chi connectivity index (χ4n) is 2.12. The van der Waals surface area contributed by atoms with Gasteiger partial charge in [-0.05, 0) is 52.7 Å². The van der Waals surface area contributed by atoms with Crippen LogP contribution in [0.15, 0.2) is 0 Å². The third kappa shape index (κ3) is 3.64. The highest BCUT2D eigenvalue weighted by atomic mass is 32.2. The molecule has 1 amide bonds. The van der Waals surface area contributed by atoms with Gasteiger partial charge in [0.1, 0.15) is 0 Å². The van der Waals surface area contributed by atoms with Crippen LogP contribution in [0.2, 0.25) is 0 Å². The fraction of sp³-hybridized carbons (Fsp3) is 0.929. The minimum absolute atomic E-state index is 0.0853. The van der Waals surface area contributed by atoms with Gasteiger partial charge in [-0.2, -0.15) is 11.8 Å². The second kappa shape index (κ2) is 5.83. The van der Waals surface area contributed by atoms with E-state index in [9.17, 15) is 4.79 Å². The molecule has 0 heterocycles. The first-order valence-electron chi connectivity index (χ1n) is 6.90. The Morgan fingerprint density at radius 2 is 1.94 bits per heavy atom. The van der Waals surface area contributed by atoms with E-state index in [1.165, 1.54) is 6.42 Å². The van der Waals surface area contributed by atoms with E-state index < -0.39 is 11.0 Å². The van der Waals surface area contributed by atoms with Crippen molar-refractivity contribution in [3.05, 3.63) is 0 Å². The average molecular weight is 272 g/mol. The molecule has 106 valence electrons. The number of nitrogens with one attached hydrogen (secondary N) is 1. The summed E-state index contributed by atoms with van der Waals surface area (Å²) >= 11 is 2.01. The van der Waals surface area contributed by atoms with Gasteiger partial charge in [0.25, 0.3) is 0 Å². The zero-order valence-electron chi connectivity index (χ0n) is 12.4. The van der Waals surface area contributed by atoms with E-state index in [0.29, 0.717) is 11.3 Å². The maximum atomic E-state index is 12.3. The summed E-state index contributed by atoms with van der Waals surface area (Å²) in [5.41, 5.74) is 5.05. The van der Waals surface area contributed by atoms with Crippen LogP contribution >= 0.6 is 11.8 Å². The molecule has 0 radical (unpaired) electrons. The van der Waals surface area contributed by atoms with Gasteiger partial charge in [-0.1, -0.05) is 6.92 Å². The molecule has 0 aromatic rings. The monoisotopic (exact) mass is 272 g/mol. The maximum Gasteiger partial charge on any atom is 0.227 e. The second-order valence-corrected chi connectivity index (χ2v) is 7.98. The smallest absolute Gasteiger partial charge is 0.227 e. The van der Waals surface area contributed by atoms with Crippen molar-refractivity contribution >= 4 is 17.7 Å². The van der Waals surface area contributed by atoms with E-state index in [1.54, 1.807) is 0 Å². The van der Waals surface area contributed by atoms with Crippen LogP contribution in [-0.2, 0) is 4.79 Å². The number of hydrogen-bond donors (Lipinski definition) is 2. The number of thioether (sulfide) groups is 1. The first-order chi connectivity index (χ1) is 8.18. The van der Waals surface area contributed by atoms with Crippen molar-refractivity contribution in [2.75, 3.05) is 5.75 Å². The lowest BCUT2D eigenvalue weighted by molar-refractivity contribution is -0.132. The third-order valence-corrected chi connectivity index (χ3v) is 5.53. The Morgan fingerprint density at radius 3 is 2.44 bits per heavy atom. The van der Waals surface area contributed by atoms with Crippen molar-refractivity contribution in [2.24, 2.45) is 11.1 Å². The predicted molar refractivity (Wildman–Crippen MR) is 79.7 cm³/mol. The lowest BCUT2D eigenvalue weighted by atomic mass is 9.74. The molecule has 1 aliphatic carbocycles. The van der Waals surface area contributed by atoms with Crippen molar-refractivity contribution < 1.29 is 4.79 Å². The molecular formula is C14H28N2OS. The fourth-order valence-corrected chi connectivity index (χ4v) is 3.26. The predicted octanol–water partition coefficient (Wildman–Crippen LogP) is 2.54. The lowest BCUT2D eigenvalue weighted by Gasteiger charge is -2.37. The SMILES string of the molecule is CCSC1CCC(NC(=O)C(C)(C)C(C)(C)N)C1. The van der Waals surface area contributed by atoms with Crippen molar-refractivity contribution in [3.63, 3.8) is 0 Å². The van der Waals surface area contributed by atoms with Gasteiger partial charge < -0.3 is 11.1 Å². The normalized spacial score (nSPS) is 25.2. The van der Waals surface area contributed by atoms with Gasteiger partial charge in [0.2, 0.25) is 5.91 Å². The van der Waals surface area contributed by atoms with Gasteiger partial charge >= 0.3 is 0 Å². The molecule has 2 unspecified atom stereocenters. The minimum atomic E-state index is -0.539. The van der Waals surface area contributed by atoms with Gasteiger partial charge in [-0.25, -0.2) is 0 Å². The molecule has 0 bridgehead atoms. The number of carbonyl (C=O) groups excluding carboxylic acids is 1. The Kier molecular flexibility index (Phi) is 5.13. The highest BCUT2D eigenvalue weighted by Gasteiger charge is 2.41. The third-order valence-electron chi connectivity index (χ3n) is 4.30. The Bertz CT molecular complexity index is 297. The molecule has 0 aromatic heterocycles. The van der Waals surface area contributed by atoms with E-state index in [0.717, 1.165) is 18.6 Å². The topological polar surface area (TPSA) is 55.1 Å². The molecule has 0 spiro atoms. The van der Waals surface area contributed by atoms with Crippen LogP contribution in [0.3, 0.4) is 0 Å². The highest BCUT2D eigenvalue weighted by molar-refractivity contribution is 7.99. The first kappa shape index (κ1) is 15.8. The zero-order chi connectivity index (χ0) is 14.0. The molecule has 1 rings (SSSR count). The molecule has 1 saturated carbocycles. The molecule has 0 aliphatic heterocycles. The van der Waals surface area contributed by atoms with Crippen molar-refractivity contribution in [1.82, 2.24) is 5.32 Å². The van der Waals surface area contributed by atoms with E-state index in [1.807, 2.05) is 39.5 Å². The van der Waals surface area contributed by atoms with E-state index in [-0.39, 0.29) is 5.91 Å². The quantitative estimate of drug-likeness (QED) is 0.808. The molecule has 3 nitrogen and oxygen atoms in total. The van der Waals surface area contributed by atoms with Crippen LogP contribution in [0, 0.1) is 5.41 Å². The number of amides is 1. The standard InChI is InChI=1S/C14H28N2OS/c1-6-18-11-8-7-10(9-11)16-12(17)13(2,3)14(4,5)15/h10-11H,6-9,15H2,1-5H3,(H,16,17). The molecule has 4 heteroatoms. The van der Waals surface area contributed by atoms with Crippen molar-refractivity contribution in [1.29, 1.82) is 0 Å². The van der Waals surface area contributed by atoms with Crippen LogP contribution in [0.5, 0.6) is 0 Å². The number of nitrogens with two attached hydrogens (primary N) is 1. The number of hydrogen-bond acceptors (Lipinski definition) is 3. The summed E-state index contributed by atoms with van der Waals surface area (Å²) in [7, 11) is 0. The Labute approximate surface area is 116 Å². The molecule has 3 N–H and O–H groups in total. The summed E-state index contributed by atoms with van der Waals surface area (Å²) in [5.74, 6) is 1.24. The summed E-state index contributed by atoms with van der Waals surface area (Å²) < 4.78 is 0. The van der Waals surface area contributed by atoms with Crippen molar-refractivity contribution in [3.8, 4) is 0 Å². The summed E-state index contributed by atoms with van der Waals surface area (Å²) in [6.45, 7) is 9.87. The maximum absolute atomic E-state index is 12.3. The molecule has 1 fully saturated rings. The molecular weight excluding hydrogens is 244 g/mol. The second-order valence-electron chi connectivity index (χ2n) is 6.41. The Hall–Kier alpha value is -0.220. The van der Waals surface area contributed by atoms with E-state index in [4.69, 9.17) is 5.73 Å². The number of carbonyl (C=O) groups is 1. The van der Waals surface area contributed by atoms with Crippen LogP contribution in [0.4, 0.5) is 0 Å². The summed E-state index contributed by atoms with van der Waals surface area (Å²) in [6, 6.07) is 0.336. The van der Waals surface area contributed by atoms with Crippen LogP contribution in [-0.4, -0.2) is 28.5 Å².